The largest absolute Gasteiger partial charge is 0.480 e. The van der Waals surface area contributed by atoms with Crippen LogP contribution < -0.4 is 5.32 Å². The van der Waals surface area contributed by atoms with Crippen molar-refractivity contribution in [1.29, 1.82) is 0 Å². The highest BCUT2D eigenvalue weighted by Gasteiger charge is 2.50. The molecule has 1 fully saturated rings. The van der Waals surface area contributed by atoms with Crippen LogP contribution >= 0.6 is 0 Å². The Morgan fingerprint density at radius 2 is 1.76 bits per heavy atom. The number of aliphatic carboxylic acids is 1. The Morgan fingerprint density at radius 3 is 2.38 bits per heavy atom. The molecule has 150 valence electrons. The molecule has 1 saturated heterocycles. The molecule has 0 saturated carbocycles. The van der Waals surface area contributed by atoms with E-state index in [0.717, 1.165) is 11.1 Å². The molecule has 3 rings (SSSR count). The number of carbonyl (C=O) groups excluding carboxylic acids is 2. The first kappa shape index (κ1) is 20.1. The van der Waals surface area contributed by atoms with Gasteiger partial charge in [-0.1, -0.05) is 72.8 Å². The van der Waals surface area contributed by atoms with Crippen LogP contribution in [0, 0.1) is 0 Å². The highest BCUT2D eigenvalue weighted by molar-refractivity contribution is 5.96. The zero-order chi connectivity index (χ0) is 20.8. The lowest BCUT2D eigenvalue weighted by molar-refractivity contribution is -0.161. The number of carbonyl (C=O) groups is 3. The number of hydrogen-bond donors (Lipinski definition) is 2. The van der Waals surface area contributed by atoms with Gasteiger partial charge in [0.2, 0.25) is 5.91 Å². The summed E-state index contributed by atoms with van der Waals surface area (Å²) in [5, 5.41) is 11.8. The van der Waals surface area contributed by atoms with Gasteiger partial charge in [0.1, 0.15) is 18.7 Å². The van der Waals surface area contributed by atoms with Gasteiger partial charge in [0.05, 0.1) is 6.04 Å². The minimum atomic E-state index is -1.11. The van der Waals surface area contributed by atoms with Gasteiger partial charge in [0.25, 0.3) is 0 Å². The third-order valence-corrected chi connectivity index (χ3v) is 4.73. The van der Waals surface area contributed by atoms with Crippen LogP contribution in [0.2, 0.25) is 0 Å². The predicted octanol–water partition coefficient (Wildman–Crippen LogP) is 2.68. The van der Waals surface area contributed by atoms with Crippen molar-refractivity contribution in [2.75, 3.05) is 0 Å². The maximum atomic E-state index is 12.5. The highest BCUT2D eigenvalue weighted by atomic mass is 16.5. The molecule has 0 radical (unpaired) electrons. The molecule has 3 atom stereocenters. The zero-order valence-electron chi connectivity index (χ0n) is 15.9. The third kappa shape index (κ3) is 4.82. The van der Waals surface area contributed by atoms with Crippen LogP contribution in [-0.4, -0.2) is 46.1 Å². The van der Waals surface area contributed by atoms with Crippen LogP contribution in [0.5, 0.6) is 0 Å². The normalized spacial score (nSPS) is 19.5. The molecule has 1 aliphatic heterocycles. The van der Waals surface area contributed by atoms with E-state index >= 15 is 0 Å². The molecule has 29 heavy (non-hydrogen) atoms. The number of amides is 2. The topological polar surface area (TPSA) is 95.9 Å². The summed E-state index contributed by atoms with van der Waals surface area (Å²) in [6.07, 6.45) is 2.79. The Bertz CT molecular complexity index is 898. The monoisotopic (exact) mass is 394 g/mol. The zero-order valence-corrected chi connectivity index (χ0v) is 15.9. The fraction of sp³-hybridized carbons (Fsp3) is 0.227. The van der Waals surface area contributed by atoms with Crippen molar-refractivity contribution in [3.8, 4) is 0 Å². The van der Waals surface area contributed by atoms with E-state index in [4.69, 9.17) is 4.74 Å². The van der Waals surface area contributed by atoms with E-state index in [0.29, 0.717) is 0 Å². The highest BCUT2D eigenvalue weighted by Crippen LogP contribution is 2.25. The van der Waals surface area contributed by atoms with Gasteiger partial charge in [-0.05, 0) is 18.1 Å². The number of alkyl carbamates (subject to hydrolysis) is 1. The summed E-state index contributed by atoms with van der Waals surface area (Å²) < 4.78 is 5.18. The van der Waals surface area contributed by atoms with Crippen LogP contribution in [0.15, 0.2) is 66.7 Å². The first-order valence-electron chi connectivity index (χ1n) is 9.23. The molecule has 2 aromatic rings. The number of β-lactam (4-membered cyclic amide) rings is 1. The van der Waals surface area contributed by atoms with E-state index in [9.17, 15) is 19.5 Å². The lowest BCUT2D eigenvalue weighted by atomic mass is 9.91. The van der Waals surface area contributed by atoms with Crippen molar-refractivity contribution >= 4 is 24.0 Å². The van der Waals surface area contributed by atoms with Crippen molar-refractivity contribution in [3.63, 3.8) is 0 Å². The quantitative estimate of drug-likeness (QED) is 0.704. The summed E-state index contributed by atoms with van der Waals surface area (Å²) in [5.74, 6) is -1.57. The summed E-state index contributed by atoms with van der Waals surface area (Å²) in [4.78, 5) is 37.2. The number of hydrogen-bond acceptors (Lipinski definition) is 4. The molecule has 0 aliphatic carbocycles. The number of rotatable bonds is 7. The number of carboxylic acids is 1. The van der Waals surface area contributed by atoms with Crippen molar-refractivity contribution in [2.24, 2.45) is 0 Å². The first-order chi connectivity index (χ1) is 14.0. The van der Waals surface area contributed by atoms with Gasteiger partial charge >= 0.3 is 12.1 Å². The van der Waals surface area contributed by atoms with E-state index < -0.39 is 36.1 Å². The molecule has 7 heteroatoms. The van der Waals surface area contributed by atoms with Crippen molar-refractivity contribution in [1.82, 2.24) is 10.2 Å². The third-order valence-electron chi connectivity index (χ3n) is 4.73. The van der Waals surface area contributed by atoms with Gasteiger partial charge in [-0.2, -0.15) is 0 Å². The van der Waals surface area contributed by atoms with Gasteiger partial charge in [-0.3, -0.25) is 4.79 Å². The van der Waals surface area contributed by atoms with Crippen LogP contribution in [0.1, 0.15) is 18.1 Å². The van der Waals surface area contributed by atoms with E-state index in [1.165, 1.54) is 11.8 Å². The van der Waals surface area contributed by atoms with Crippen molar-refractivity contribution in [3.05, 3.63) is 77.9 Å². The molecular weight excluding hydrogens is 372 g/mol. The molecule has 1 heterocycles. The molecule has 7 nitrogen and oxygen atoms in total. The lowest BCUT2D eigenvalue weighted by Crippen LogP contribution is -2.72. The Balaban J connectivity index is 1.68. The molecule has 0 unspecified atom stereocenters. The van der Waals surface area contributed by atoms with Crippen LogP contribution in [0.25, 0.3) is 6.08 Å². The molecular formula is C22H22N2O5. The Morgan fingerprint density at radius 1 is 1.14 bits per heavy atom. The Labute approximate surface area is 168 Å². The first-order valence-corrected chi connectivity index (χ1v) is 9.23. The fourth-order valence-corrected chi connectivity index (χ4v) is 3.12. The number of ether oxygens (including phenoxy) is 1. The predicted molar refractivity (Wildman–Crippen MR) is 107 cm³/mol. The smallest absolute Gasteiger partial charge is 0.408 e. The van der Waals surface area contributed by atoms with E-state index in [1.54, 1.807) is 12.2 Å². The minimum absolute atomic E-state index is 0.0767. The molecule has 2 amide bonds. The average Bonchev–Trinajstić information content (AvgIpc) is 2.74. The average molecular weight is 394 g/mol. The molecule has 2 N–H and O–H groups in total. The number of benzene rings is 2. The molecule has 0 bridgehead atoms. The lowest BCUT2D eigenvalue weighted by Gasteiger charge is -2.47. The van der Waals surface area contributed by atoms with Gasteiger partial charge < -0.3 is 20.1 Å². The Kier molecular flexibility index (Phi) is 6.29. The van der Waals surface area contributed by atoms with Crippen LogP contribution in [-0.2, 0) is 20.9 Å². The second-order valence-corrected chi connectivity index (χ2v) is 6.70. The number of carboxylic acid groups (broad SMARTS) is 1. The summed E-state index contributed by atoms with van der Waals surface area (Å²) in [5.41, 5.74) is 1.73. The maximum Gasteiger partial charge on any atom is 0.408 e. The summed E-state index contributed by atoms with van der Waals surface area (Å²) in [6.45, 7) is 1.51. The van der Waals surface area contributed by atoms with Crippen molar-refractivity contribution < 1.29 is 24.2 Å². The standard InChI is InChI=1S/C22H22N2O5/c1-15(21(26)27)24-18(13-12-16-8-4-2-5-9-16)19(20(24)25)23-22(28)29-14-17-10-6-3-7-11-17/h2-13,15,18-19H,14H2,1H3,(H,23,28)(H,26,27)/t15-,18+,19-/m0/s1. The molecule has 0 spiro atoms. The summed E-state index contributed by atoms with van der Waals surface area (Å²) in [7, 11) is 0. The number of likely N-dealkylation sites (tertiary alicyclic amines) is 1. The SMILES string of the molecule is C[C@@H](C(=O)O)N1C(=O)[C@@H](NC(=O)OCc2ccccc2)[C@H]1C=Cc1ccccc1. The number of nitrogens with zero attached hydrogens (tertiary/aromatic N) is 1. The minimum Gasteiger partial charge on any atom is -0.480 e. The molecule has 2 aromatic carbocycles. The van der Waals surface area contributed by atoms with E-state index in [2.05, 4.69) is 5.32 Å². The van der Waals surface area contributed by atoms with E-state index in [-0.39, 0.29) is 6.61 Å². The van der Waals surface area contributed by atoms with Gasteiger partial charge in [-0.25, -0.2) is 9.59 Å². The summed E-state index contributed by atoms with van der Waals surface area (Å²) in [6, 6.07) is 16.1. The second kappa shape index (κ2) is 9.05. The summed E-state index contributed by atoms with van der Waals surface area (Å²) >= 11 is 0. The fourth-order valence-electron chi connectivity index (χ4n) is 3.12. The maximum absolute atomic E-state index is 12.5. The van der Waals surface area contributed by atoms with Crippen molar-refractivity contribution in [2.45, 2.75) is 31.7 Å². The van der Waals surface area contributed by atoms with Gasteiger partial charge in [0, 0.05) is 0 Å². The van der Waals surface area contributed by atoms with Crippen LogP contribution in [0.4, 0.5) is 4.79 Å². The van der Waals surface area contributed by atoms with E-state index in [1.807, 2.05) is 60.7 Å². The second-order valence-electron chi connectivity index (χ2n) is 6.70. The Hall–Kier alpha value is -3.61. The number of nitrogens with one attached hydrogen (secondary N) is 1. The molecule has 0 aromatic heterocycles. The van der Waals surface area contributed by atoms with Gasteiger partial charge in [0.15, 0.2) is 0 Å². The molecule has 1 aliphatic rings. The van der Waals surface area contributed by atoms with Gasteiger partial charge in [-0.15, -0.1) is 0 Å². The van der Waals surface area contributed by atoms with Crippen LogP contribution in [0.3, 0.4) is 0 Å².